The lowest BCUT2D eigenvalue weighted by atomic mass is 9.84. The van der Waals surface area contributed by atoms with E-state index in [-0.39, 0.29) is 6.10 Å². The first-order chi connectivity index (χ1) is 10.2. The normalized spacial score (nSPS) is 22.2. The summed E-state index contributed by atoms with van der Waals surface area (Å²) in [5.74, 6) is 1.87. The number of rotatable bonds is 1. The van der Waals surface area contributed by atoms with Crippen molar-refractivity contribution in [1.29, 1.82) is 0 Å². The summed E-state index contributed by atoms with van der Waals surface area (Å²) in [6, 6.07) is 13.0. The molecule has 2 aliphatic rings. The van der Waals surface area contributed by atoms with Crippen molar-refractivity contribution >= 4 is 5.69 Å². The van der Waals surface area contributed by atoms with Crippen molar-refractivity contribution in [3.05, 3.63) is 53.1 Å². The van der Waals surface area contributed by atoms with Crippen LogP contribution in [0.15, 0.2) is 36.4 Å². The molecule has 0 saturated heterocycles. The van der Waals surface area contributed by atoms with Gasteiger partial charge in [-0.3, -0.25) is 0 Å². The van der Waals surface area contributed by atoms with Gasteiger partial charge in [0.15, 0.2) is 0 Å². The van der Waals surface area contributed by atoms with Crippen LogP contribution in [0.1, 0.15) is 29.2 Å². The number of fused-ring (bicyclic) bond motifs is 4. The largest absolute Gasteiger partial charge is 0.497 e. The summed E-state index contributed by atoms with van der Waals surface area (Å²) in [4.78, 5) is 0. The van der Waals surface area contributed by atoms with Crippen LogP contribution in [0.2, 0.25) is 0 Å². The smallest absolute Gasteiger partial charge is 0.144 e. The Bertz CT molecular complexity index is 696. The highest BCUT2D eigenvalue weighted by Gasteiger charge is 2.35. The second-order valence-electron chi connectivity index (χ2n) is 5.89. The molecule has 0 spiro atoms. The summed E-state index contributed by atoms with van der Waals surface area (Å²) in [5.41, 5.74) is 5.00. The molecule has 1 N–H and O–H groups in total. The van der Waals surface area contributed by atoms with Crippen LogP contribution < -0.4 is 14.8 Å². The lowest BCUT2D eigenvalue weighted by Gasteiger charge is -2.39. The molecule has 1 aliphatic carbocycles. The van der Waals surface area contributed by atoms with Crippen LogP contribution >= 0.6 is 0 Å². The summed E-state index contributed by atoms with van der Waals surface area (Å²) in [6.07, 6.45) is 2.23. The third kappa shape index (κ3) is 2.04. The molecular formula is C18H19NO2. The van der Waals surface area contributed by atoms with E-state index in [1.54, 1.807) is 7.11 Å². The first-order valence-electron chi connectivity index (χ1n) is 7.45. The monoisotopic (exact) mass is 281 g/mol. The van der Waals surface area contributed by atoms with Gasteiger partial charge in [-0.1, -0.05) is 12.1 Å². The van der Waals surface area contributed by atoms with Gasteiger partial charge in [0.25, 0.3) is 0 Å². The van der Waals surface area contributed by atoms with Crippen LogP contribution in [0.4, 0.5) is 5.69 Å². The van der Waals surface area contributed by atoms with E-state index in [2.05, 4.69) is 42.6 Å². The molecule has 1 aliphatic heterocycles. The molecule has 108 valence electrons. The fourth-order valence-corrected chi connectivity index (χ4v) is 3.37. The molecular weight excluding hydrogens is 262 g/mol. The van der Waals surface area contributed by atoms with E-state index in [4.69, 9.17) is 9.47 Å². The minimum absolute atomic E-state index is 0.0925. The zero-order valence-corrected chi connectivity index (χ0v) is 12.3. The summed E-state index contributed by atoms with van der Waals surface area (Å²) in [7, 11) is 1.71. The van der Waals surface area contributed by atoms with Gasteiger partial charge in [-0.05, 0) is 60.7 Å². The van der Waals surface area contributed by atoms with Crippen LogP contribution in [0.5, 0.6) is 11.5 Å². The highest BCUT2D eigenvalue weighted by Crippen LogP contribution is 2.43. The maximum absolute atomic E-state index is 6.29. The Kier molecular flexibility index (Phi) is 2.81. The number of anilines is 1. The Morgan fingerprint density at radius 3 is 2.95 bits per heavy atom. The molecule has 0 fully saturated rings. The number of aryl methyl sites for hydroxylation is 2. The van der Waals surface area contributed by atoms with Crippen LogP contribution in [0.25, 0.3) is 0 Å². The van der Waals surface area contributed by atoms with Crippen molar-refractivity contribution in [1.82, 2.24) is 0 Å². The quantitative estimate of drug-likeness (QED) is 0.861. The van der Waals surface area contributed by atoms with Crippen molar-refractivity contribution in [3.63, 3.8) is 0 Å². The molecule has 0 amide bonds. The summed E-state index contributed by atoms with van der Waals surface area (Å²) in [5, 5.41) is 3.65. The highest BCUT2D eigenvalue weighted by atomic mass is 16.5. The maximum atomic E-state index is 6.29. The zero-order chi connectivity index (χ0) is 14.4. The number of methoxy groups -OCH3 is 1. The predicted molar refractivity (Wildman–Crippen MR) is 83.3 cm³/mol. The standard InChI is InChI=1S/C18H19NO2/c1-11-3-8-17-16(9-11)19-15-7-4-12-10-13(20-2)5-6-14(12)18(15)21-17/h3,5-6,8-10,15,18-19H,4,7H2,1-2H3. The second-order valence-corrected chi connectivity index (χ2v) is 5.89. The molecule has 4 rings (SSSR count). The SMILES string of the molecule is COc1ccc2c(c1)CCC1Nc3cc(C)ccc3OC21. The zero-order valence-electron chi connectivity index (χ0n) is 12.3. The predicted octanol–water partition coefficient (Wildman–Crippen LogP) is 3.86. The third-order valence-corrected chi connectivity index (χ3v) is 4.48. The molecule has 0 aromatic heterocycles. The number of benzene rings is 2. The first kappa shape index (κ1) is 12.6. The van der Waals surface area contributed by atoms with E-state index in [1.807, 2.05) is 6.07 Å². The van der Waals surface area contributed by atoms with Crippen LogP contribution in [-0.2, 0) is 6.42 Å². The summed E-state index contributed by atoms with van der Waals surface area (Å²) < 4.78 is 11.6. The van der Waals surface area contributed by atoms with Crippen molar-refractivity contribution in [2.75, 3.05) is 12.4 Å². The van der Waals surface area contributed by atoms with E-state index in [0.29, 0.717) is 6.04 Å². The molecule has 1 heterocycles. The van der Waals surface area contributed by atoms with E-state index >= 15 is 0 Å². The first-order valence-corrected chi connectivity index (χ1v) is 7.45. The minimum atomic E-state index is 0.0925. The van der Waals surface area contributed by atoms with E-state index in [9.17, 15) is 0 Å². The van der Waals surface area contributed by atoms with Crippen molar-refractivity contribution < 1.29 is 9.47 Å². The molecule has 0 radical (unpaired) electrons. The van der Waals surface area contributed by atoms with Gasteiger partial charge in [-0.25, -0.2) is 0 Å². The molecule has 2 aromatic rings. The fraction of sp³-hybridized carbons (Fsp3) is 0.333. The van der Waals surface area contributed by atoms with E-state index in [1.165, 1.54) is 16.7 Å². The fourth-order valence-electron chi connectivity index (χ4n) is 3.37. The van der Waals surface area contributed by atoms with Gasteiger partial charge >= 0.3 is 0 Å². The molecule has 2 aromatic carbocycles. The lowest BCUT2D eigenvalue weighted by molar-refractivity contribution is 0.157. The highest BCUT2D eigenvalue weighted by molar-refractivity contribution is 5.61. The number of hydrogen-bond acceptors (Lipinski definition) is 3. The van der Waals surface area contributed by atoms with Crippen molar-refractivity contribution in [3.8, 4) is 11.5 Å². The molecule has 3 nitrogen and oxygen atoms in total. The van der Waals surface area contributed by atoms with Gasteiger partial charge in [0, 0.05) is 0 Å². The molecule has 3 heteroatoms. The van der Waals surface area contributed by atoms with Crippen LogP contribution in [-0.4, -0.2) is 13.2 Å². The van der Waals surface area contributed by atoms with Crippen LogP contribution in [0.3, 0.4) is 0 Å². The maximum Gasteiger partial charge on any atom is 0.144 e. The Morgan fingerprint density at radius 2 is 2.10 bits per heavy atom. The van der Waals surface area contributed by atoms with Gasteiger partial charge in [0.05, 0.1) is 18.8 Å². The Labute approximate surface area is 124 Å². The van der Waals surface area contributed by atoms with Gasteiger partial charge in [-0.2, -0.15) is 0 Å². The summed E-state index contributed by atoms with van der Waals surface area (Å²) in [6.45, 7) is 2.11. The minimum Gasteiger partial charge on any atom is -0.497 e. The molecule has 21 heavy (non-hydrogen) atoms. The van der Waals surface area contributed by atoms with Gasteiger partial charge in [0.1, 0.15) is 17.6 Å². The van der Waals surface area contributed by atoms with Gasteiger partial charge in [0.2, 0.25) is 0 Å². The Morgan fingerprint density at radius 1 is 1.19 bits per heavy atom. The van der Waals surface area contributed by atoms with E-state index in [0.717, 1.165) is 30.0 Å². The lowest BCUT2D eigenvalue weighted by Crippen LogP contribution is -2.38. The molecule has 2 atom stereocenters. The molecule has 0 saturated carbocycles. The topological polar surface area (TPSA) is 30.5 Å². The number of hydrogen-bond donors (Lipinski definition) is 1. The average molecular weight is 281 g/mol. The van der Waals surface area contributed by atoms with Crippen molar-refractivity contribution in [2.24, 2.45) is 0 Å². The second kappa shape index (κ2) is 4.69. The van der Waals surface area contributed by atoms with E-state index < -0.39 is 0 Å². The average Bonchev–Trinajstić information content (AvgIpc) is 2.52. The number of ether oxygens (including phenoxy) is 2. The number of nitrogens with one attached hydrogen (secondary N) is 1. The van der Waals surface area contributed by atoms with Gasteiger partial charge in [-0.15, -0.1) is 0 Å². The van der Waals surface area contributed by atoms with Gasteiger partial charge < -0.3 is 14.8 Å². The summed E-state index contributed by atoms with van der Waals surface area (Å²) >= 11 is 0. The molecule has 2 unspecified atom stereocenters. The van der Waals surface area contributed by atoms with Crippen LogP contribution in [0, 0.1) is 6.92 Å². The Hall–Kier alpha value is -2.16. The third-order valence-electron chi connectivity index (χ3n) is 4.48. The molecule has 0 bridgehead atoms. The van der Waals surface area contributed by atoms with Crippen molar-refractivity contribution in [2.45, 2.75) is 31.9 Å². The Balaban J connectivity index is 1.73.